The number of fused-ring (bicyclic) bond motifs is 1. The first kappa shape index (κ1) is 23.6. The number of nitrogens with one attached hydrogen (secondary N) is 1. The lowest BCUT2D eigenvalue weighted by atomic mass is 10.0. The molecule has 1 unspecified atom stereocenters. The van der Waals surface area contributed by atoms with Crippen molar-refractivity contribution in [3.63, 3.8) is 0 Å². The predicted octanol–water partition coefficient (Wildman–Crippen LogP) is 2.13. The van der Waals surface area contributed by atoms with Crippen LogP contribution in [0.2, 0.25) is 0 Å². The molecule has 0 aliphatic carbocycles. The number of pyridine rings is 2. The number of hydrogen-bond donors (Lipinski definition) is 2. The summed E-state index contributed by atoms with van der Waals surface area (Å²) < 4.78 is 41.3. The third-order valence-electron chi connectivity index (χ3n) is 4.94. The molecule has 0 fully saturated rings. The molecule has 0 bridgehead atoms. The molecule has 3 aromatic rings. The largest absolute Gasteiger partial charge is 0.462 e. The van der Waals surface area contributed by atoms with Crippen LogP contribution in [0.5, 0.6) is 0 Å². The van der Waals surface area contributed by atoms with Crippen molar-refractivity contribution in [2.75, 3.05) is 12.9 Å². The zero-order chi connectivity index (χ0) is 23.5. The van der Waals surface area contributed by atoms with Gasteiger partial charge in [0.25, 0.3) is 5.56 Å². The van der Waals surface area contributed by atoms with Crippen molar-refractivity contribution in [2.45, 2.75) is 31.6 Å². The van der Waals surface area contributed by atoms with E-state index in [0.717, 1.165) is 17.4 Å². The van der Waals surface area contributed by atoms with Gasteiger partial charge in [-0.2, -0.15) is 0 Å². The lowest BCUT2D eigenvalue weighted by Gasteiger charge is -2.14. The monoisotopic (exact) mass is 462 g/mol. The van der Waals surface area contributed by atoms with Gasteiger partial charge in [0.2, 0.25) is 0 Å². The second kappa shape index (κ2) is 9.58. The molecule has 170 valence electrons. The Bertz CT molecular complexity index is 1300. The number of carbonyl (C=O) groups is 1. The summed E-state index contributed by atoms with van der Waals surface area (Å²) >= 11 is 0. The number of ether oxygens (including phenoxy) is 1. The van der Waals surface area contributed by atoms with E-state index in [1.165, 1.54) is 12.1 Å². The number of rotatable bonds is 8. The third-order valence-corrected chi connectivity index (χ3v) is 6.17. The molecule has 2 aromatic heterocycles. The molecule has 2 heterocycles. The number of aliphatic hydroxyl groups excluding tert-OH is 1. The number of aliphatic hydroxyl groups is 1. The van der Waals surface area contributed by atoms with E-state index in [-0.39, 0.29) is 36.4 Å². The van der Waals surface area contributed by atoms with Crippen molar-refractivity contribution in [2.24, 2.45) is 0 Å². The number of carbonyl (C=O) groups excluding carboxylic acids is 1. The first-order valence-electron chi connectivity index (χ1n) is 9.92. The summed E-state index contributed by atoms with van der Waals surface area (Å²) in [4.78, 5) is 32.2. The van der Waals surface area contributed by atoms with Crippen molar-refractivity contribution in [1.82, 2.24) is 9.97 Å². The Labute approximate surface area is 184 Å². The van der Waals surface area contributed by atoms with Crippen molar-refractivity contribution < 1.29 is 27.4 Å². The quantitative estimate of drug-likeness (QED) is 0.491. The summed E-state index contributed by atoms with van der Waals surface area (Å²) in [6, 6.07) is 7.68. The molecule has 0 saturated heterocycles. The van der Waals surface area contributed by atoms with Crippen LogP contribution in [-0.2, 0) is 27.4 Å². The number of nitrogens with zero attached hydrogens (tertiary/aromatic N) is 1. The summed E-state index contributed by atoms with van der Waals surface area (Å²) in [5, 5.41) is 9.91. The van der Waals surface area contributed by atoms with Gasteiger partial charge in [-0.15, -0.1) is 0 Å². The van der Waals surface area contributed by atoms with Gasteiger partial charge in [-0.05, 0) is 55.5 Å². The summed E-state index contributed by atoms with van der Waals surface area (Å²) in [7, 11) is -3.72. The molecule has 0 aliphatic heterocycles. The number of benzene rings is 1. The Morgan fingerprint density at radius 1 is 1.25 bits per heavy atom. The van der Waals surface area contributed by atoms with Crippen LogP contribution in [0.1, 0.15) is 40.4 Å². The maximum atomic E-state index is 13.1. The Morgan fingerprint density at radius 2 is 1.94 bits per heavy atom. The van der Waals surface area contributed by atoms with E-state index in [2.05, 4.69) is 9.97 Å². The number of sulfone groups is 1. The Hall–Kier alpha value is -3.11. The fourth-order valence-electron chi connectivity index (χ4n) is 3.36. The molecular formula is C22H23FN2O6S. The first-order chi connectivity index (χ1) is 15.1. The molecule has 3 rings (SSSR count). The number of esters is 1. The first-order valence-corrected chi connectivity index (χ1v) is 11.9. The molecule has 32 heavy (non-hydrogen) atoms. The zero-order valence-corrected chi connectivity index (χ0v) is 18.4. The van der Waals surface area contributed by atoms with E-state index in [1.54, 1.807) is 31.3 Å². The molecule has 0 radical (unpaired) electrons. The number of H-pyrrole nitrogens is 1. The van der Waals surface area contributed by atoms with Crippen LogP contribution in [0.25, 0.3) is 11.0 Å². The molecule has 0 aliphatic rings. The van der Waals surface area contributed by atoms with E-state index in [0.29, 0.717) is 17.5 Å². The van der Waals surface area contributed by atoms with Gasteiger partial charge >= 0.3 is 5.97 Å². The highest BCUT2D eigenvalue weighted by Crippen LogP contribution is 2.22. The number of aromatic nitrogens is 2. The fourth-order valence-corrected chi connectivity index (χ4v) is 3.91. The van der Waals surface area contributed by atoms with Gasteiger partial charge in [0, 0.05) is 18.0 Å². The number of aryl methyl sites for hydroxylation is 1. The third kappa shape index (κ3) is 5.38. The van der Waals surface area contributed by atoms with Crippen LogP contribution in [0.3, 0.4) is 0 Å². The Kier molecular flexibility index (Phi) is 7.05. The lowest BCUT2D eigenvalue weighted by Crippen LogP contribution is -2.25. The summed E-state index contributed by atoms with van der Waals surface area (Å²) in [5.41, 5.74) is -0.162. The number of aromatic amines is 1. The molecular weight excluding hydrogens is 439 g/mol. The lowest BCUT2D eigenvalue weighted by molar-refractivity contribution is 0.0523. The number of halogens is 1. The minimum absolute atomic E-state index is 0.0474. The van der Waals surface area contributed by atoms with Crippen molar-refractivity contribution in [1.29, 1.82) is 0 Å². The van der Waals surface area contributed by atoms with Gasteiger partial charge in [0.05, 0.1) is 17.6 Å². The Morgan fingerprint density at radius 3 is 2.56 bits per heavy atom. The molecule has 8 nitrogen and oxygen atoms in total. The van der Waals surface area contributed by atoms with Crippen LogP contribution in [-0.4, -0.2) is 47.8 Å². The summed E-state index contributed by atoms with van der Waals surface area (Å²) in [5.74, 6) is -1.20. The normalized spacial score (nSPS) is 12.6. The highest BCUT2D eigenvalue weighted by Gasteiger charge is 2.24. The van der Waals surface area contributed by atoms with Crippen LogP contribution in [0.15, 0.2) is 41.3 Å². The standard InChI is InChI=1S/C22H23FN2O6S/c1-3-31-22(28)19-16(8-9-18(26)32(2,29)30)20-17(25-21(19)27)11-14(12-24-20)10-13-4-6-15(23)7-5-13/h4-7,11-12,18,26H,3,8-10H2,1-2H3,(H,25,27). The van der Waals surface area contributed by atoms with Crippen LogP contribution < -0.4 is 5.56 Å². The van der Waals surface area contributed by atoms with Gasteiger partial charge in [-0.25, -0.2) is 17.6 Å². The van der Waals surface area contributed by atoms with Gasteiger partial charge < -0.3 is 14.8 Å². The van der Waals surface area contributed by atoms with Gasteiger partial charge in [0.15, 0.2) is 15.3 Å². The van der Waals surface area contributed by atoms with Crippen LogP contribution in [0.4, 0.5) is 4.39 Å². The Balaban J connectivity index is 2.06. The number of hydrogen-bond acceptors (Lipinski definition) is 7. The second-order valence-electron chi connectivity index (χ2n) is 7.39. The van der Waals surface area contributed by atoms with Crippen LogP contribution in [0, 0.1) is 5.82 Å². The minimum Gasteiger partial charge on any atom is -0.462 e. The SMILES string of the molecule is CCOC(=O)c1c(CCC(O)S(C)(=O)=O)c2ncc(Cc3ccc(F)cc3)cc2[nH]c1=O. The average molecular weight is 462 g/mol. The molecule has 0 amide bonds. The van der Waals surface area contributed by atoms with E-state index >= 15 is 0 Å². The van der Waals surface area contributed by atoms with E-state index in [9.17, 15) is 27.5 Å². The maximum Gasteiger partial charge on any atom is 0.344 e. The highest BCUT2D eigenvalue weighted by atomic mass is 32.2. The zero-order valence-electron chi connectivity index (χ0n) is 17.6. The molecule has 2 N–H and O–H groups in total. The molecule has 0 spiro atoms. The van der Waals surface area contributed by atoms with E-state index in [1.807, 2.05) is 0 Å². The van der Waals surface area contributed by atoms with E-state index < -0.39 is 26.8 Å². The van der Waals surface area contributed by atoms with Crippen LogP contribution >= 0.6 is 0 Å². The highest BCUT2D eigenvalue weighted by molar-refractivity contribution is 7.91. The van der Waals surface area contributed by atoms with Crippen molar-refractivity contribution in [3.05, 3.63) is 75.0 Å². The molecule has 0 saturated carbocycles. The average Bonchev–Trinajstić information content (AvgIpc) is 2.72. The minimum atomic E-state index is -3.72. The second-order valence-corrected chi connectivity index (χ2v) is 9.60. The predicted molar refractivity (Wildman–Crippen MR) is 117 cm³/mol. The summed E-state index contributed by atoms with van der Waals surface area (Å²) in [6.45, 7) is 1.64. The molecule has 1 aromatic carbocycles. The van der Waals surface area contributed by atoms with Crippen molar-refractivity contribution >= 4 is 26.8 Å². The van der Waals surface area contributed by atoms with Gasteiger partial charge in [-0.3, -0.25) is 9.78 Å². The van der Waals surface area contributed by atoms with E-state index in [4.69, 9.17) is 4.74 Å². The van der Waals surface area contributed by atoms with Gasteiger partial charge in [-0.1, -0.05) is 12.1 Å². The topological polar surface area (TPSA) is 126 Å². The molecule has 10 heteroatoms. The maximum absolute atomic E-state index is 13.1. The smallest absolute Gasteiger partial charge is 0.344 e. The summed E-state index contributed by atoms with van der Waals surface area (Å²) in [6.07, 6.45) is 2.61. The molecule has 1 atom stereocenters. The fraction of sp³-hybridized carbons (Fsp3) is 0.318. The van der Waals surface area contributed by atoms with Crippen molar-refractivity contribution in [3.8, 4) is 0 Å². The van der Waals surface area contributed by atoms with Gasteiger partial charge in [0.1, 0.15) is 11.4 Å².